The van der Waals surface area contributed by atoms with Gasteiger partial charge < -0.3 is 10.2 Å². The van der Waals surface area contributed by atoms with Gasteiger partial charge in [-0.15, -0.1) is 11.5 Å². The molecule has 1 fully saturated rings. The van der Waals surface area contributed by atoms with Gasteiger partial charge in [-0.2, -0.15) is 5.26 Å². The van der Waals surface area contributed by atoms with Crippen LogP contribution >= 0.6 is 46.4 Å². The molecule has 2 atom stereocenters. The maximum absolute atomic E-state index is 10.2. The van der Waals surface area contributed by atoms with E-state index in [1.807, 2.05) is 71.5 Å². The van der Waals surface area contributed by atoms with Gasteiger partial charge in [0.25, 0.3) is 0 Å². The van der Waals surface area contributed by atoms with Crippen LogP contribution in [0.3, 0.4) is 0 Å². The first-order valence-electron chi connectivity index (χ1n) is 17.8. The lowest BCUT2D eigenvalue weighted by Gasteiger charge is -2.40. The number of halogens is 4. The molecule has 6 aromatic rings. The molecule has 3 aromatic carbocycles. The molecule has 4 heterocycles. The van der Waals surface area contributed by atoms with Crippen molar-refractivity contribution < 1.29 is 0 Å². The van der Waals surface area contributed by atoms with Crippen molar-refractivity contribution in [3.63, 3.8) is 0 Å². The average Bonchev–Trinajstić information content (AvgIpc) is 3.66. The van der Waals surface area contributed by atoms with E-state index >= 15 is 0 Å². The second-order valence-electron chi connectivity index (χ2n) is 14.5. The lowest BCUT2D eigenvalue weighted by atomic mass is 9.95. The van der Waals surface area contributed by atoms with E-state index in [1.54, 1.807) is 12.3 Å². The summed E-state index contributed by atoms with van der Waals surface area (Å²) in [7, 11) is 0. The van der Waals surface area contributed by atoms with Gasteiger partial charge in [-0.25, -0.2) is 4.68 Å². The van der Waals surface area contributed by atoms with Gasteiger partial charge in [0, 0.05) is 52.1 Å². The van der Waals surface area contributed by atoms with Crippen LogP contribution in [-0.4, -0.2) is 48.5 Å². The highest BCUT2D eigenvalue weighted by Crippen LogP contribution is 2.44. The quantitative estimate of drug-likeness (QED) is 0.144. The maximum Gasteiger partial charge on any atom is 0.116 e. The first-order chi connectivity index (χ1) is 26.4. The number of nitriles is 1. The summed E-state index contributed by atoms with van der Waals surface area (Å²) in [5.74, 6) is 3.05. The number of hydrogen-bond donors (Lipinski definition) is 1. The highest BCUT2D eigenvalue weighted by molar-refractivity contribution is 6.36. The van der Waals surface area contributed by atoms with Gasteiger partial charge in [0.05, 0.1) is 50.9 Å². The van der Waals surface area contributed by atoms with Gasteiger partial charge in [0.1, 0.15) is 23.8 Å². The monoisotopic (exact) mass is 807 g/mol. The second-order valence-corrected chi connectivity index (χ2v) is 16.2. The molecule has 1 aliphatic heterocycles. The molecular weight excluding hydrogens is 772 g/mol. The molecule has 7 rings (SSSR count). The van der Waals surface area contributed by atoms with E-state index in [2.05, 4.69) is 57.8 Å². The molecule has 1 aliphatic rings. The number of benzene rings is 3. The zero-order valence-electron chi connectivity index (χ0n) is 30.4. The Morgan fingerprint density at radius 1 is 0.891 bits per heavy atom. The predicted molar refractivity (Wildman–Crippen MR) is 222 cm³/mol. The zero-order chi connectivity index (χ0) is 38.9. The predicted octanol–water partition coefficient (Wildman–Crippen LogP) is 10.9. The van der Waals surface area contributed by atoms with Crippen molar-refractivity contribution in [2.24, 2.45) is 0 Å². The van der Waals surface area contributed by atoms with E-state index in [1.165, 1.54) is 12.4 Å². The minimum absolute atomic E-state index is 0.0929. The van der Waals surface area contributed by atoms with Gasteiger partial charge in [-0.3, -0.25) is 14.9 Å². The third-order valence-electron chi connectivity index (χ3n) is 9.98. The van der Waals surface area contributed by atoms with Gasteiger partial charge in [0.2, 0.25) is 0 Å². The molecule has 13 heteroatoms. The Kier molecular flexibility index (Phi) is 11.2. The molecule has 1 N–H and O–H groups in total. The number of piperidine rings is 1. The molecule has 55 heavy (non-hydrogen) atoms. The molecule has 0 bridgehead atoms. The summed E-state index contributed by atoms with van der Waals surface area (Å²) in [5.41, 5.74) is 4.96. The Morgan fingerprint density at radius 3 is 2.18 bits per heavy atom. The van der Waals surface area contributed by atoms with E-state index in [4.69, 9.17) is 63.1 Å². The van der Waals surface area contributed by atoms with Crippen molar-refractivity contribution in [3.8, 4) is 18.4 Å². The number of pyridine rings is 2. The van der Waals surface area contributed by atoms with Gasteiger partial charge >= 0.3 is 0 Å². The third kappa shape index (κ3) is 8.23. The molecule has 0 aliphatic carbocycles. The van der Waals surface area contributed by atoms with Crippen LogP contribution in [0.5, 0.6) is 0 Å². The summed E-state index contributed by atoms with van der Waals surface area (Å²) in [6, 6.07) is 21.8. The van der Waals surface area contributed by atoms with Crippen LogP contribution in [0.25, 0.3) is 10.9 Å². The third-order valence-corrected chi connectivity index (χ3v) is 11.0. The summed E-state index contributed by atoms with van der Waals surface area (Å²) in [6.07, 6.45) is 15.1. The Morgan fingerprint density at radius 2 is 1.56 bits per heavy atom. The normalized spacial score (nSPS) is 14.9. The number of nitrogens with one attached hydrogen (secondary N) is 1. The first-order valence-corrected chi connectivity index (χ1v) is 19.3. The number of rotatable bonds is 9. The van der Waals surface area contributed by atoms with E-state index < -0.39 is 12.1 Å². The molecule has 9 nitrogen and oxygen atoms in total. The number of aromatic nitrogens is 5. The minimum atomic E-state index is -0.660. The van der Waals surface area contributed by atoms with Crippen molar-refractivity contribution in [1.29, 1.82) is 5.26 Å². The fourth-order valence-corrected chi connectivity index (χ4v) is 7.87. The number of hydrogen-bond acceptors (Lipinski definition) is 8. The SMILES string of the molecule is C#CC(c1ccc(Cl)cc1)N(c1cc(Cl)c2ncc(C#N)c(Nc3cncc(Cl)c3)c2c1)C(c1ccc(Cl)cc1)c1cn(C2CCN(C(C)(C)C)CC2)nn1. The fourth-order valence-electron chi connectivity index (χ4n) is 7.18. The molecule has 3 aromatic heterocycles. The second kappa shape index (κ2) is 16.1. The van der Waals surface area contributed by atoms with Crippen molar-refractivity contribution >= 4 is 74.4 Å². The summed E-state index contributed by atoms with van der Waals surface area (Å²) in [5, 5.41) is 25.7. The molecule has 0 amide bonds. The lowest BCUT2D eigenvalue weighted by molar-refractivity contribution is 0.0866. The Hall–Kier alpha value is -4.87. The highest BCUT2D eigenvalue weighted by Gasteiger charge is 2.34. The Balaban J connectivity index is 1.43. The smallest absolute Gasteiger partial charge is 0.116 e. The first kappa shape index (κ1) is 38.4. The molecule has 278 valence electrons. The van der Waals surface area contributed by atoms with Gasteiger partial charge in [-0.05, 0) is 87.2 Å². The van der Waals surface area contributed by atoms with E-state index in [9.17, 15) is 5.26 Å². The zero-order valence-corrected chi connectivity index (χ0v) is 33.4. The summed E-state index contributed by atoms with van der Waals surface area (Å²) in [4.78, 5) is 13.4. The van der Waals surface area contributed by atoms with Crippen LogP contribution in [-0.2, 0) is 0 Å². The average molecular weight is 810 g/mol. The standard InChI is InChI=1S/C42H37Cl4N9/c1-5-38(26-6-10-29(43)11-7-26)55(34-19-35-39(50-32-18-31(45)23-48-24-32)28(21-47)22-49-40(35)36(46)20-34)41(27-8-12-30(44)13-9-27)37-25-54(52-51-37)33-14-16-53(17-15-33)42(2,3)4/h1,6-13,18-20,22-25,33,38,41H,14-17H2,2-4H3,(H,49,50). The van der Waals surface area contributed by atoms with Crippen LogP contribution in [0, 0.1) is 23.7 Å². The molecule has 2 unspecified atom stereocenters. The number of likely N-dealkylation sites (tertiary alicyclic amines) is 1. The maximum atomic E-state index is 10.2. The fraction of sp³-hybridized carbons (Fsp3) is 0.262. The number of fused-ring (bicyclic) bond motifs is 1. The highest BCUT2D eigenvalue weighted by atomic mass is 35.5. The summed E-state index contributed by atoms with van der Waals surface area (Å²) < 4.78 is 1.99. The molecule has 1 saturated heterocycles. The minimum Gasteiger partial charge on any atom is -0.353 e. The topological polar surface area (TPSA) is 98.8 Å². The van der Waals surface area contributed by atoms with Crippen LogP contribution in [0.2, 0.25) is 20.1 Å². The van der Waals surface area contributed by atoms with Crippen molar-refractivity contribution in [1.82, 2.24) is 29.9 Å². The van der Waals surface area contributed by atoms with Crippen LogP contribution in [0.15, 0.2) is 91.5 Å². The van der Waals surface area contributed by atoms with Gasteiger partial charge in [-0.1, -0.05) is 81.8 Å². The summed E-state index contributed by atoms with van der Waals surface area (Å²) in [6.45, 7) is 8.67. The lowest BCUT2D eigenvalue weighted by Crippen LogP contribution is -2.46. The molecule has 0 saturated carbocycles. The largest absolute Gasteiger partial charge is 0.353 e. The van der Waals surface area contributed by atoms with E-state index in [0.717, 1.165) is 37.1 Å². The number of anilines is 3. The molecule has 0 radical (unpaired) electrons. The van der Waals surface area contributed by atoms with Crippen LogP contribution in [0.4, 0.5) is 17.1 Å². The summed E-state index contributed by atoms with van der Waals surface area (Å²) >= 11 is 26.2. The van der Waals surface area contributed by atoms with Gasteiger partial charge in [0.15, 0.2) is 0 Å². The molecule has 0 spiro atoms. The van der Waals surface area contributed by atoms with Crippen LogP contribution in [0.1, 0.15) is 74.1 Å². The van der Waals surface area contributed by atoms with Crippen molar-refractivity contribution in [2.75, 3.05) is 23.3 Å². The van der Waals surface area contributed by atoms with Crippen LogP contribution < -0.4 is 10.2 Å². The number of nitrogens with zero attached hydrogens (tertiary/aromatic N) is 8. The molecular formula is C42H37Cl4N9. The van der Waals surface area contributed by atoms with E-state index in [0.29, 0.717) is 59.3 Å². The number of terminal acetylenes is 1. The van der Waals surface area contributed by atoms with Crippen molar-refractivity contribution in [3.05, 3.63) is 134 Å². The van der Waals surface area contributed by atoms with E-state index in [-0.39, 0.29) is 11.6 Å². The Bertz CT molecular complexity index is 2400. The Labute approximate surface area is 340 Å². The van der Waals surface area contributed by atoms with Crippen molar-refractivity contribution in [2.45, 2.75) is 57.3 Å².